The number of aromatic nitrogens is 1. The molecule has 3 aromatic rings. The number of aryl methyl sites for hydroxylation is 1. The van der Waals surface area contributed by atoms with Gasteiger partial charge in [-0.05, 0) is 88.1 Å². The minimum absolute atomic E-state index is 0. The first-order chi connectivity index (χ1) is 23.9. The topological polar surface area (TPSA) is 127 Å². The van der Waals surface area contributed by atoms with Gasteiger partial charge < -0.3 is 24.8 Å². The predicted octanol–water partition coefficient (Wildman–Crippen LogP) is 5.10. The van der Waals surface area contributed by atoms with E-state index in [9.17, 15) is 24.0 Å². The van der Waals surface area contributed by atoms with E-state index >= 15 is 0 Å². The van der Waals surface area contributed by atoms with Crippen molar-refractivity contribution in [3.8, 4) is 0 Å². The van der Waals surface area contributed by atoms with Gasteiger partial charge in [0, 0.05) is 45.3 Å². The standard InChI is InChI=1S/C40H50N4O6.H2S/c1-39(2,3)50-34(45)19-9-6-12-24-41-38(49)40(28-14-7-5-8-15-28)23-20-31(30-16-10-11-18-33(30)40)37(48)44-26-21-29(22-27-44)42-35(46)32-17-13-25-43(4)36(32)47;/h5,7-8,10-11,13-18,25,29,31H,6,9,12,19-24,26-27H2,1-4H3,(H,41,49)(H,42,46);1H2/t31-,40+;/m0./s1. The Labute approximate surface area is 307 Å². The van der Waals surface area contributed by atoms with E-state index in [4.69, 9.17) is 4.74 Å². The van der Waals surface area contributed by atoms with Gasteiger partial charge in [-0.3, -0.25) is 24.0 Å². The van der Waals surface area contributed by atoms with Crippen molar-refractivity contribution < 1.29 is 23.9 Å². The molecular formula is C40H52N4O6S. The number of pyridine rings is 1. The van der Waals surface area contributed by atoms with Crippen LogP contribution in [0.5, 0.6) is 0 Å². The Balaban J connectivity index is 0.00000583. The molecule has 3 amide bonds. The maximum atomic E-state index is 14.3. The Morgan fingerprint density at radius 1 is 0.882 bits per heavy atom. The summed E-state index contributed by atoms with van der Waals surface area (Å²) in [5.74, 6) is -1.04. The molecule has 0 unspecified atom stereocenters. The van der Waals surface area contributed by atoms with Crippen LogP contribution in [0.2, 0.25) is 0 Å². The van der Waals surface area contributed by atoms with Gasteiger partial charge >= 0.3 is 5.97 Å². The van der Waals surface area contributed by atoms with Crippen LogP contribution in [-0.2, 0) is 31.6 Å². The first-order valence-corrected chi connectivity index (χ1v) is 17.8. The summed E-state index contributed by atoms with van der Waals surface area (Å²) >= 11 is 0. The van der Waals surface area contributed by atoms with Crippen LogP contribution in [0.15, 0.2) is 77.7 Å². The van der Waals surface area contributed by atoms with Gasteiger partial charge in [0.25, 0.3) is 11.5 Å². The lowest BCUT2D eigenvalue weighted by Crippen LogP contribution is -2.51. The summed E-state index contributed by atoms with van der Waals surface area (Å²) in [4.78, 5) is 67.6. The summed E-state index contributed by atoms with van der Waals surface area (Å²) in [6, 6.07) is 20.7. The predicted molar refractivity (Wildman–Crippen MR) is 202 cm³/mol. The highest BCUT2D eigenvalue weighted by Gasteiger charge is 2.48. The van der Waals surface area contributed by atoms with Crippen LogP contribution in [0.25, 0.3) is 0 Å². The highest BCUT2D eigenvalue weighted by atomic mass is 32.1. The normalized spacial score (nSPS) is 18.9. The fourth-order valence-corrected chi connectivity index (χ4v) is 7.30. The Morgan fingerprint density at radius 3 is 2.27 bits per heavy atom. The van der Waals surface area contributed by atoms with Gasteiger partial charge in [0.1, 0.15) is 11.2 Å². The molecule has 2 N–H and O–H groups in total. The van der Waals surface area contributed by atoms with E-state index in [1.165, 1.54) is 10.6 Å². The minimum atomic E-state index is -0.948. The number of esters is 1. The number of amides is 3. The fraction of sp³-hybridized carbons (Fsp3) is 0.475. The number of hydrogen-bond donors (Lipinski definition) is 2. The molecule has 2 aromatic carbocycles. The number of nitrogens with zero attached hydrogens (tertiary/aromatic N) is 2. The van der Waals surface area contributed by atoms with Crippen molar-refractivity contribution in [2.75, 3.05) is 19.6 Å². The Kier molecular flexibility index (Phi) is 13.3. The van der Waals surface area contributed by atoms with E-state index in [1.807, 2.05) is 80.3 Å². The van der Waals surface area contributed by atoms with Gasteiger partial charge in [-0.25, -0.2) is 0 Å². The van der Waals surface area contributed by atoms with E-state index in [0.29, 0.717) is 58.2 Å². The third-order valence-corrected chi connectivity index (χ3v) is 9.83. The number of nitrogens with one attached hydrogen (secondary N) is 2. The minimum Gasteiger partial charge on any atom is -0.460 e. The second-order valence-corrected chi connectivity index (χ2v) is 14.5. The van der Waals surface area contributed by atoms with Crippen LogP contribution in [0.1, 0.15) is 105 Å². The van der Waals surface area contributed by atoms with Crippen molar-refractivity contribution >= 4 is 37.2 Å². The molecule has 1 fully saturated rings. The van der Waals surface area contributed by atoms with Crippen molar-refractivity contribution in [1.29, 1.82) is 0 Å². The second-order valence-electron chi connectivity index (χ2n) is 14.5. The molecule has 0 bridgehead atoms. The molecule has 1 aliphatic carbocycles. The van der Waals surface area contributed by atoms with Crippen molar-refractivity contribution in [3.05, 3.63) is 106 Å². The van der Waals surface area contributed by atoms with Gasteiger partial charge in [-0.15, -0.1) is 0 Å². The van der Waals surface area contributed by atoms with E-state index < -0.39 is 16.9 Å². The van der Waals surface area contributed by atoms with Gasteiger partial charge in [0.2, 0.25) is 11.8 Å². The number of carbonyl (C=O) groups excluding carboxylic acids is 4. The summed E-state index contributed by atoms with van der Waals surface area (Å²) in [6.07, 6.45) is 6.36. The van der Waals surface area contributed by atoms with Gasteiger partial charge in [-0.1, -0.05) is 61.0 Å². The molecule has 0 radical (unpaired) electrons. The van der Waals surface area contributed by atoms with Crippen LogP contribution in [-0.4, -0.2) is 64.4 Å². The summed E-state index contributed by atoms with van der Waals surface area (Å²) in [7, 11) is 1.61. The molecule has 11 heteroatoms. The third kappa shape index (κ3) is 9.30. The van der Waals surface area contributed by atoms with Crippen molar-refractivity contribution in [2.24, 2.45) is 7.05 Å². The number of hydrogen-bond acceptors (Lipinski definition) is 6. The molecule has 10 nitrogen and oxygen atoms in total. The number of piperidine rings is 1. The maximum absolute atomic E-state index is 14.3. The molecule has 0 spiro atoms. The molecule has 2 aliphatic rings. The maximum Gasteiger partial charge on any atom is 0.306 e. The van der Waals surface area contributed by atoms with Gasteiger partial charge in [0.15, 0.2) is 0 Å². The van der Waals surface area contributed by atoms with Crippen LogP contribution in [0.3, 0.4) is 0 Å². The molecule has 5 rings (SSSR count). The van der Waals surface area contributed by atoms with Crippen LogP contribution in [0, 0.1) is 0 Å². The number of fused-ring (bicyclic) bond motifs is 1. The molecule has 0 saturated carbocycles. The summed E-state index contributed by atoms with van der Waals surface area (Å²) in [6.45, 7) is 7.04. The first-order valence-electron chi connectivity index (χ1n) is 17.8. The Morgan fingerprint density at radius 2 is 1.57 bits per heavy atom. The van der Waals surface area contributed by atoms with Crippen molar-refractivity contribution in [2.45, 2.75) is 95.1 Å². The number of unbranched alkanes of at least 4 members (excludes halogenated alkanes) is 2. The highest BCUT2D eigenvalue weighted by Crippen LogP contribution is 2.48. The van der Waals surface area contributed by atoms with Gasteiger partial charge in [-0.2, -0.15) is 13.5 Å². The van der Waals surface area contributed by atoms with E-state index in [0.717, 1.165) is 29.5 Å². The molecule has 2 atom stereocenters. The zero-order valence-corrected chi connectivity index (χ0v) is 31.2. The third-order valence-electron chi connectivity index (χ3n) is 9.83. The SMILES string of the molecule is Cn1cccc(C(=O)NC2CCN(C(=O)[C@H]3CC[C@@](C(=O)NCCCCCC(=O)OC(C)(C)C)(c4ccccc4)c4ccccc43)CC2)c1=O.S. The molecule has 1 aromatic heterocycles. The van der Waals surface area contributed by atoms with Crippen molar-refractivity contribution in [1.82, 2.24) is 20.1 Å². The molecular weight excluding hydrogens is 665 g/mol. The number of rotatable bonds is 11. The van der Waals surface area contributed by atoms with Crippen LogP contribution >= 0.6 is 13.5 Å². The number of ether oxygens (including phenoxy) is 1. The fourth-order valence-electron chi connectivity index (χ4n) is 7.30. The number of benzene rings is 2. The molecule has 2 heterocycles. The number of likely N-dealkylation sites (tertiary alicyclic amines) is 1. The zero-order chi connectivity index (χ0) is 35.9. The first kappa shape index (κ1) is 39.4. The number of carbonyl (C=O) groups is 4. The lowest BCUT2D eigenvalue weighted by atomic mass is 9.62. The summed E-state index contributed by atoms with van der Waals surface area (Å²) in [5.41, 5.74) is 0.932. The lowest BCUT2D eigenvalue weighted by Gasteiger charge is -2.42. The average Bonchev–Trinajstić information content (AvgIpc) is 3.10. The largest absolute Gasteiger partial charge is 0.460 e. The average molecular weight is 717 g/mol. The van der Waals surface area contributed by atoms with Crippen molar-refractivity contribution in [3.63, 3.8) is 0 Å². The van der Waals surface area contributed by atoms with Crippen LogP contribution < -0.4 is 16.2 Å². The molecule has 274 valence electrons. The lowest BCUT2D eigenvalue weighted by molar-refractivity contribution is -0.155. The molecule has 1 aliphatic heterocycles. The summed E-state index contributed by atoms with van der Waals surface area (Å²) < 4.78 is 6.78. The molecule has 51 heavy (non-hydrogen) atoms. The van der Waals surface area contributed by atoms with Crippen LogP contribution in [0.4, 0.5) is 0 Å². The Hall–Kier alpha value is -4.38. The van der Waals surface area contributed by atoms with E-state index in [2.05, 4.69) is 10.6 Å². The quantitative estimate of drug-likeness (QED) is 0.210. The van der Waals surface area contributed by atoms with E-state index in [-0.39, 0.29) is 54.4 Å². The zero-order valence-electron chi connectivity index (χ0n) is 30.2. The smallest absolute Gasteiger partial charge is 0.306 e. The second kappa shape index (κ2) is 17.2. The van der Waals surface area contributed by atoms with Gasteiger partial charge in [0.05, 0.1) is 11.3 Å². The van der Waals surface area contributed by atoms with E-state index in [1.54, 1.807) is 19.3 Å². The highest BCUT2D eigenvalue weighted by molar-refractivity contribution is 7.59. The molecule has 1 saturated heterocycles. The monoisotopic (exact) mass is 716 g/mol. The Bertz CT molecular complexity index is 1750. The summed E-state index contributed by atoms with van der Waals surface area (Å²) in [5, 5.41) is 6.18.